The minimum absolute atomic E-state index is 0.0693. The van der Waals surface area contributed by atoms with Crippen LogP contribution in [0.3, 0.4) is 0 Å². The lowest BCUT2D eigenvalue weighted by molar-refractivity contribution is -0.139. The summed E-state index contributed by atoms with van der Waals surface area (Å²) < 4.78 is 36.6. The van der Waals surface area contributed by atoms with E-state index >= 15 is 4.39 Å². The van der Waals surface area contributed by atoms with Gasteiger partial charge in [-0.1, -0.05) is 42.5 Å². The van der Waals surface area contributed by atoms with E-state index in [4.69, 9.17) is 9.72 Å². The summed E-state index contributed by atoms with van der Waals surface area (Å²) in [6.45, 7) is 3.36. The number of aliphatic carboxylic acids is 1. The average molecular weight is 591 g/mol. The van der Waals surface area contributed by atoms with Gasteiger partial charge >= 0.3 is 5.97 Å². The summed E-state index contributed by atoms with van der Waals surface area (Å²) in [6.07, 6.45) is 7.31. The molecule has 1 saturated heterocycles. The van der Waals surface area contributed by atoms with Gasteiger partial charge in [0.25, 0.3) is 0 Å². The quantitative estimate of drug-likeness (QED) is 0.253. The molecule has 0 unspecified atom stereocenters. The third kappa shape index (κ3) is 4.24. The molecule has 2 heterocycles. The highest BCUT2D eigenvalue weighted by molar-refractivity contribution is 5.78. The molecule has 44 heavy (non-hydrogen) atoms. The minimum atomic E-state index is -0.746. The second-order valence-corrected chi connectivity index (χ2v) is 12.7. The zero-order chi connectivity index (χ0) is 30.2. The number of aromatic nitrogens is 1. The number of carbonyl (C=O) groups is 1. The van der Waals surface area contributed by atoms with Gasteiger partial charge in [0.05, 0.1) is 11.5 Å². The van der Waals surface area contributed by atoms with Crippen LogP contribution in [0.4, 0.5) is 14.6 Å². The van der Waals surface area contributed by atoms with Gasteiger partial charge in [-0.25, -0.2) is 13.8 Å². The molecule has 7 heteroatoms. The summed E-state index contributed by atoms with van der Waals surface area (Å²) in [5, 5.41) is 9.36. The highest BCUT2D eigenvalue weighted by Crippen LogP contribution is 2.61. The fourth-order valence-corrected chi connectivity index (χ4v) is 7.92. The monoisotopic (exact) mass is 590 g/mol. The minimum Gasteiger partial charge on any atom is -0.489 e. The molecular weight excluding hydrogens is 558 g/mol. The van der Waals surface area contributed by atoms with Crippen LogP contribution in [0.2, 0.25) is 0 Å². The number of hydrogen-bond acceptors (Lipinski definition) is 4. The number of pyridine rings is 1. The molecule has 0 bridgehead atoms. The number of carboxylic acids is 1. The first-order valence-electron chi connectivity index (χ1n) is 15.3. The van der Waals surface area contributed by atoms with E-state index in [1.165, 1.54) is 23.3 Å². The standard InChI is InChI=1S/C37H32F2N2O3/c1-21-25(9-11-32(40-21)41-16-14-37(15-17-41)13-12-22-4-2-3-5-30(22)37)27-8-10-31(38)29(35(27)39)20-44-24-6-7-26-23(18-24)19-28-33(26)34(28)36(42)43/h2-13,18,28,33-34H,14-17,19-20H2,1H3,(H,42,43)/t28-,33+,34+/m1/s1. The van der Waals surface area contributed by atoms with E-state index in [1.54, 1.807) is 6.07 Å². The van der Waals surface area contributed by atoms with Gasteiger partial charge in [-0.3, -0.25) is 4.79 Å². The number of piperidine rings is 1. The van der Waals surface area contributed by atoms with Gasteiger partial charge in [0.1, 0.15) is 29.8 Å². The summed E-state index contributed by atoms with van der Waals surface area (Å²) in [5.41, 5.74) is 6.37. The number of halogens is 2. The average Bonchev–Trinajstić information content (AvgIpc) is 3.46. The fourth-order valence-electron chi connectivity index (χ4n) is 7.92. The molecule has 0 amide bonds. The summed E-state index contributed by atoms with van der Waals surface area (Å²) in [7, 11) is 0. The fraction of sp³-hybridized carbons (Fsp3) is 0.297. The molecule has 2 fully saturated rings. The Morgan fingerprint density at radius 2 is 1.84 bits per heavy atom. The molecule has 5 nitrogen and oxygen atoms in total. The number of fused-ring (bicyclic) bond motifs is 5. The number of rotatable bonds is 6. The lowest BCUT2D eigenvalue weighted by Crippen LogP contribution is -2.41. The Morgan fingerprint density at radius 1 is 1.05 bits per heavy atom. The maximum atomic E-state index is 15.8. The van der Waals surface area contributed by atoms with E-state index in [1.807, 2.05) is 31.2 Å². The van der Waals surface area contributed by atoms with Gasteiger partial charge in [0.15, 0.2) is 0 Å². The van der Waals surface area contributed by atoms with Crippen LogP contribution in [0.25, 0.3) is 17.2 Å². The van der Waals surface area contributed by atoms with Crippen LogP contribution in [0.15, 0.2) is 72.8 Å². The number of anilines is 1. The summed E-state index contributed by atoms with van der Waals surface area (Å²) in [5.74, 6) is -0.766. The summed E-state index contributed by atoms with van der Waals surface area (Å²) in [4.78, 5) is 18.5. The zero-order valence-electron chi connectivity index (χ0n) is 24.4. The van der Waals surface area contributed by atoms with Crippen LogP contribution in [0, 0.1) is 30.4 Å². The van der Waals surface area contributed by atoms with Crippen LogP contribution >= 0.6 is 0 Å². The first kappa shape index (κ1) is 27.1. The molecule has 1 aliphatic heterocycles. The Bertz CT molecular complexity index is 1860. The predicted molar refractivity (Wildman–Crippen MR) is 165 cm³/mol. The molecule has 4 aliphatic rings. The first-order valence-corrected chi connectivity index (χ1v) is 15.3. The SMILES string of the molecule is Cc1nc(N2CCC3(C=Cc4ccccc43)CC2)ccc1-c1ccc(F)c(COc2ccc3c(c2)C[C@H]2[C@H](C(=O)O)[C@@H]32)c1F. The molecule has 3 atom stereocenters. The topological polar surface area (TPSA) is 62.7 Å². The van der Waals surface area contributed by atoms with Crippen molar-refractivity contribution in [2.24, 2.45) is 11.8 Å². The molecule has 1 N–H and O–H groups in total. The largest absolute Gasteiger partial charge is 0.489 e. The number of carboxylic acid groups (broad SMARTS) is 1. The zero-order valence-corrected chi connectivity index (χ0v) is 24.4. The van der Waals surface area contributed by atoms with Gasteiger partial charge in [-0.15, -0.1) is 0 Å². The Labute approximate surface area is 254 Å². The number of benzene rings is 3. The van der Waals surface area contributed by atoms with E-state index in [0.29, 0.717) is 29.0 Å². The van der Waals surface area contributed by atoms with Crippen molar-refractivity contribution >= 4 is 17.9 Å². The second-order valence-electron chi connectivity index (χ2n) is 12.7. The molecule has 1 aromatic heterocycles. The predicted octanol–water partition coefficient (Wildman–Crippen LogP) is 7.45. The first-order chi connectivity index (χ1) is 21.3. The Kier molecular flexibility index (Phi) is 6.16. The van der Waals surface area contributed by atoms with E-state index in [0.717, 1.165) is 42.9 Å². The van der Waals surface area contributed by atoms with Gasteiger partial charge < -0.3 is 14.7 Å². The lowest BCUT2D eigenvalue weighted by atomic mass is 9.74. The lowest BCUT2D eigenvalue weighted by Gasteiger charge is -2.40. The van der Waals surface area contributed by atoms with Gasteiger partial charge in [0.2, 0.25) is 0 Å². The number of aryl methyl sites for hydroxylation is 1. The molecule has 0 radical (unpaired) electrons. The van der Waals surface area contributed by atoms with Crippen molar-refractivity contribution in [2.45, 2.75) is 44.1 Å². The second kappa shape index (κ2) is 10.0. The van der Waals surface area contributed by atoms with Gasteiger partial charge in [-0.05, 0) is 90.8 Å². The van der Waals surface area contributed by atoms with Crippen LogP contribution < -0.4 is 9.64 Å². The molecule has 1 spiro atoms. The van der Waals surface area contributed by atoms with Gasteiger partial charge in [0, 0.05) is 41.2 Å². The summed E-state index contributed by atoms with van der Waals surface area (Å²) in [6, 6.07) is 20.7. The normalized spacial score (nSPS) is 22.1. The molecule has 8 rings (SSSR count). The molecule has 3 aromatic carbocycles. The number of allylic oxidation sites excluding steroid dienone is 1. The van der Waals surface area contributed by atoms with Crippen LogP contribution in [-0.2, 0) is 23.2 Å². The summed E-state index contributed by atoms with van der Waals surface area (Å²) >= 11 is 0. The Balaban J connectivity index is 0.973. The Hall–Kier alpha value is -4.52. The third-order valence-corrected chi connectivity index (χ3v) is 10.4. The van der Waals surface area contributed by atoms with E-state index in [9.17, 15) is 14.3 Å². The highest BCUT2D eigenvalue weighted by atomic mass is 19.1. The van der Waals surface area contributed by atoms with Crippen molar-refractivity contribution in [2.75, 3.05) is 18.0 Å². The Morgan fingerprint density at radius 3 is 2.64 bits per heavy atom. The smallest absolute Gasteiger partial charge is 0.307 e. The van der Waals surface area contributed by atoms with Crippen molar-refractivity contribution in [3.8, 4) is 16.9 Å². The number of ether oxygens (including phenoxy) is 1. The number of hydrogen-bond donors (Lipinski definition) is 1. The molecule has 3 aliphatic carbocycles. The van der Waals surface area contributed by atoms with Crippen molar-refractivity contribution in [1.29, 1.82) is 0 Å². The third-order valence-electron chi connectivity index (χ3n) is 10.4. The maximum Gasteiger partial charge on any atom is 0.307 e. The van der Waals surface area contributed by atoms with E-state index in [2.05, 4.69) is 41.3 Å². The van der Waals surface area contributed by atoms with Crippen LogP contribution in [0.5, 0.6) is 5.75 Å². The van der Waals surface area contributed by atoms with Gasteiger partial charge in [-0.2, -0.15) is 0 Å². The molecule has 222 valence electrons. The van der Waals surface area contributed by atoms with Crippen LogP contribution in [-0.4, -0.2) is 29.1 Å². The number of nitrogens with zero attached hydrogens (tertiary/aromatic N) is 2. The van der Waals surface area contributed by atoms with Crippen molar-refractivity contribution in [3.63, 3.8) is 0 Å². The molecule has 4 aromatic rings. The van der Waals surface area contributed by atoms with E-state index in [-0.39, 0.29) is 35.3 Å². The molecule has 1 saturated carbocycles. The maximum absolute atomic E-state index is 15.8. The van der Waals surface area contributed by atoms with Crippen molar-refractivity contribution < 1.29 is 23.4 Å². The van der Waals surface area contributed by atoms with Crippen molar-refractivity contribution in [3.05, 3.63) is 118 Å². The highest BCUT2D eigenvalue weighted by Gasteiger charge is 2.59. The van der Waals surface area contributed by atoms with Crippen molar-refractivity contribution in [1.82, 2.24) is 4.98 Å². The van der Waals surface area contributed by atoms with Crippen LogP contribution in [0.1, 0.15) is 52.3 Å². The van der Waals surface area contributed by atoms with E-state index < -0.39 is 17.6 Å². The molecular formula is C37H32F2N2O3.